The molecule has 1 amide bonds. The van der Waals surface area contributed by atoms with Crippen LogP contribution < -0.4 is 4.74 Å². The van der Waals surface area contributed by atoms with E-state index in [1.54, 1.807) is 24.3 Å². The van der Waals surface area contributed by atoms with Crippen molar-refractivity contribution in [3.63, 3.8) is 0 Å². The summed E-state index contributed by atoms with van der Waals surface area (Å²) in [6, 6.07) is 6.92. The molecule has 0 aliphatic carbocycles. The zero-order chi connectivity index (χ0) is 13.5. The Hall–Kier alpha value is -1.75. The second-order valence-corrected chi connectivity index (χ2v) is 4.13. The van der Waals surface area contributed by atoms with Crippen molar-refractivity contribution in [3.05, 3.63) is 29.3 Å². The van der Waals surface area contributed by atoms with Gasteiger partial charge < -0.3 is 14.7 Å². The van der Waals surface area contributed by atoms with Gasteiger partial charge in [0.15, 0.2) is 0 Å². The van der Waals surface area contributed by atoms with E-state index in [1.165, 1.54) is 11.9 Å². The van der Waals surface area contributed by atoms with Crippen LogP contribution in [-0.2, 0) is 9.59 Å². The monoisotopic (exact) mass is 271 g/mol. The van der Waals surface area contributed by atoms with Crippen molar-refractivity contribution in [1.29, 1.82) is 0 Å². The number of hydrogen-bond acceptors (Lipinski definition) is 3. The fourth-order valence-corrected chi connectivity index (χ4v) is 1.43. The Labute approximate surface area is 110 Å². The number of ether oxygens (including phenoxy) is 1. The molecule has 0 aromatic heterocycles. The minimum atomic E-state index is -1.14. The maximum Gasteiger partial charge on any atom is 0.312 e. The van der Waals surface area contributed by atoms with Crippen LogP contribution in [0.15, 0.2) is 24.3 Å². The van der Waals surface area contributed by atoms with Gasteiger partial charge in [0.1, 0.15) is 18.8 Å². The summed E-state index contributed by atoms with van der Waals surface area (Å²) >= 11 is 5.78. The molecular weight excluding hydrogens is 258 g/mol. The lowest BCUT2D eigenvalue weighted by molar-refractivity contribution is -0.143. The molecule has 98 valence electrons. The quantitative estimate of drug-likeness (QED) is 0.799. The molecule has 0 atom stereocenters. The van der Waals surface area contributed by atoms with Crippen LogP contribution in [0.2, 0.25) is 5.02 Å². The van der Waals surface area contributed by atoms with E-state index in [-0.39, 0.29) is 6.61 Å². The molecule has 1 aromatic carbocycles. The summed E-state index contributed by atoms with van der Waals surface area (Å²) in [7, 11) is 1.53. The molecule has 18 heavy (non-hydrogen) atoms. The molecular formula is C12H14ClNO4. The molecule has 1 rings (SSSR count). The zero-order valence-electron chi connectivity index (χ0n) is 9.93. The van der Waals surface area contributed by atoms with Crippen molar-refractivity contribution < 1.29 is 19.4 Å². The van der Waals surface area contributed by atoms with Gasteiger partial charge in [0.05, 0.1) is 6.54 Å². The van der Waals surface area contributed by atoms with E-state index in [0.29, 0.717) is 17.3 Å². The lowest BCUT2D eigenvalue weighted by atomic mass is 10.3. The van der Waals surface area contributed by atoms with Crippen LogP contribution >= 0.6 is 11.6 Å². The van der Waals surface area contributed by atoms with Gasteiger partial charge in [0, 0.05) is 12.1 Å². The molecule has 0 bridgehead atoms. The standard InChI is InChI=1S/C12H14ClNO4/c1-14(11(15)8-12(16)17)5-6-18-10-4-2-3-9(13)7-10/h2-4,7H,5-6,8H2,1H3,(H,16,17). The number of carbonyl (C=O) groups excluding carboxylic acids is 1. The molecule has 5 nitrogen and oxygen atoms in total. The third-order valence-corrected chi connectivity index (χ3v) is 2.45. The molecule has 0 saturated carbocycles. The third kappa shape index (κ3) is 5.05. The number of rotatable bonds is 6. The fourth-order valence-electron chi connectivity index (χ4n) is 1.25. The summed E-state index contributed by atoms with van der Waals surface area (Å²) < 4.78 is 5.39. The Morgan fingerprint density at radius 3 is 2.78 bits per heavy atom. The maximum absolute atomic E-state index is 11.3. The Kier molecular flexibility index (Phi) is 5.45. The van der Waals surface area contributed by atoms with Crippen molar-refractivity contribution in [2.45, 2.75) is 6.42 Å². The van der Waals surface area contributed by atoms with Crippen LogP contribution in [-0.4, -0.2) is 42.1 Å². The smallest absolute Gasteiger partial charge is 0.312 e. The molecule has 0 aliphatic heterocycles. The summed E-state index contributed by atoms with van der Waals surface area (Å²) in [5.74, 6) is -0.971. The van der Waals surface area contributed by atoms with Crippen molar-refractivity contribution in [3.8, 4) is 5.75 Å². The predicted octanol–water partition coefficient (Wildman–Crippen LogP) is 1.65. The van der Waals surface area contributed by atoms with Gasteiger partial charge in [0.2, 0.25) is 5.91 Å². The first-order valence-electron chi connectivity index (χ1n) is 5.33. The van der Waals surface area contributed by atoms with E-state index >= 15 is 0 Å². The molecule has 0 aliphatic rings. The zero-order valence-corrected chi connectivity index (χ0v) is 10.7. The average molecular weight is 272 g/mol. The van der Waals surface area contributed by atoms with Gasteiger partial charge in [-0.2, -0.15) is 0 Å². The highest BCUT2D eigenvalue weighted by atomic mass is 35.5. The SMILES string of the molecule is CN(CCOc1cccc(Cl)c1)C(=O)CC(=O)O. The predicted molar refractivity (Wildman–Crippen MR) is 66.8 cm³/mol. The van der Waals surface area contributed by atoms with E-state index in [1.807, 2.05) is 0 Å². The minimum absolute atomic E-state index is 0.280. The van der Waals surface area contributed by atoms with Crippen molar-refractivity contribution >= 4 is 23.5 Å². The van der Waals surface area contributed by atoms with Crippen LogP contribution in [0.1, 0.15) is 6.42 Å². The van der Waals surface area contributed by atoms with Gasteiger partial charge >= 0.3 is 5.97 Å². The Morgan fingerprint density at radius 1 is 1.44 bits per heavy atom. The van der Waals surface area contributed by atoms with Gasteiger partial charge in [-0.1, -0.05) is 17.7 Å². The van der Waals surface area contributed by atoms with Crippen LogP contribution in [0.4, 0.5) is 0 Å². The molecule has 0 spiro atoms. The van der Waals surface area contributed by atoms with E-state index in [0.717, 1.165) is 0 Å². The van der Waals surface area contributed by atoms with E-state index < -0.39 is 18.3 Å². The number of carboxylic acid groups (broad SMARTS) is 1. The first-order chi connectivity index (χ1) is 8.49. The first-order valence-corrected chi connectivity index (χ1v) is 5.71. The molecule has 0 heterocycles. The van der Waals surface area contributed by atoms with Gasteiger partial charge in [-0.3, -0.25) is 9.59 Å². The average Bonchev–Trinajstić information content (AvgIpc) is 2.28. The van der Waals surface area contributed by atoms with Crippen LogP contribution in [0, 0.1) is 0 Å². The number of carboxylic acids is 1. The number of amides is 1. The van der Waals surface area contributed by atoms with E-state index in [2.05, 4.69) is 0 Å². The fraction of sp³-hybridized carbons (Fsp3) is 0.333. The Morgan fingerprint density at radius 2 is 2.17 bits per heavy atom. The Bertz CT molecular complexity index is 436. The molecule has 1 aromatic rings. The molecule has 0 unspecified atom stereocenters. The Balaban J connectivity index is 2.33. The van der Waals surface area contributed by atoms with E-state index in [4.69, 9.17) is 21.4 Å². The molecule has 1 N–H and O–H groups in total. The topological polar surface area (TPSA) is 66.8 Å². The number of carbonyl (C=O) groups is 2. The van der Waals surface area contributed by atoms with Crippen molar-refractivity contribution in [2.75, 3.05) is 20.2 Å². The first kappa shape index (κ1) is 14.3. The molecule has 0 saturated heterocycles. The second kappa shape index (κ2) is 6.86. The highest BCUT2D eigenvalue weighted by Crippen LogP contribution is 2.16. The summed E-state index contributed by atoms with van der Waals surface area (Å²) in [4.78, 5) is 23.0. The summed E-state index contributed by atoms with van der Waals surface area (Å²) in [5.41, 5.74) is 0. The molecule has 0 radical (unpaired) electrons. The summed E-state index contributed by atoms with van der Waals surface area (Å²) in [5, 5.41) is 9.05. The minimum Gasteiger partial charge on any atom is -0.492 e. The number of nitrogens with zero attached hydrogens (tertiary/aromatic N) is 1. The van der Waals surface area contributed by atoms with Crippen LogP contribution in [0.25, 0.3) is 0 Å². The van der Waals surface area contributed by atoms with Gasteiger partial charge in [-0.15, -0.1) is 0 Å². The number of aliphatic carboxylic acids is 1. The molecule has 0 fully saturated rings. The molecule has 6 heteroatoms. The van der Waals surface area contributed by atoms with E-state index in [9.17, 15) is 9.59 Å². The number of hydrogen-bond donors (Lipinski definition) is 1. The van der Waals surface area contributed by atoms with Gasteiger partial charge in [-0.25, -0.2) is 0 Å². The van der Waals surface area contributed by atoms with Crippen molar-refractivity contribution in [2.24, 2.45) is 0 Å². The normalized spacial score (nSPS) is 9.89. The summed E-state index contributed by atoms with van der Waals surface area (Å²) in [6.07, 6.45) is -0.506. The summed E-state index contributed by atoms with van der Waals surface area (Å²) in [6.45, 7) is 0.598. The third-order valence-electron chi connectivity index (χ3n) is 2.22. The largest absolute Gasteiger partial charge is 0.492 e. The lowest BCUT2D eigenvalue weighted by Crippen LogP contribution is -2.32. The second-order valence-electron chi connectivity index (χ2n) is 3.69. The highest BCUT2D eigenvalue weighted by Gasteiger charge is 2.12. The maximum atomic E-state index is 11.3. The number of likely N-dealkylation sites (N-methyl/N-ethyl adjacent to an activating group) is 1. The lowest BCUT2D eigenvalue weighted by Gasteiger charge is -2.16. The number of halogens is 1. The number of benzene rings is 1. The van der Waals surface area contributed by atoms with Crippen LogP contribution in [0.5, 0.6) is 5.75 Å². The highest BCUT2D eigenvalue weighted by molar-refractivity contribution is 6.30. The van der Waals surface area contributed by atoms with Gasteiger partial charge in [-0.05, 0) is 18.2 Å². The van der Waals surface area contributed by atoms with Crippen LogP contribution in [0.3, 0.4) is 0 Å². The van der Waals surface area contributed by atoms with Crippen molar-refractivity contribution in [1.82, 2.24) is 4.90 Å². The van der Waals surface area contributed by atoms with Gasteiger partial charge in [0.25, 0.3) is 0 Å².